The number of hydrogen-bond donors (Lipinski definition) is 1. The maximum absolute atomic E-state index is 4.77. The summed E-state index contributed by atoms with van der Waals surface area (Å²) in [6.07, 6.45) is 6.94. The number of hydrogen-bond acceptors (Lipinski definition) is 3. The summed E-state index contributed by atoms with van der Waals surface area (Å²) >= 11 is 0. The molecular weight excluding hydrogens is 246 g/mol. The normalized spacial score (nSPS) is 20.1. The molecule has 3 heteroatoms. The predicted octanol–water partition coefficient (Wildman–Crippen LogP) is 4.05. The summed E-state index contributed by atoms with van der Waals surface area (Å²) in [4.78, 5) is 9.29. The first-order valence-electron chi connectivity index (χ1n) is 7.82. The molecule has 1 aliphatic rings. The van der Waals surface area contributed by atoms with Gasteiger partial charge in [-0.05, 0) is 57.9 Å². The Bertz CT molecular complexity index is 436. The maximum atomic E-state index is 4.77. The van der Waals surface area contributed by atoms with Crippen molar-refractivity contribution in [3.8, 4) is 0 Å². The lowest BCUT2D eigenvalue weighted by molar-refractivity contribution is 0.220. The second-order valence-corrected chi connectivity index (χ2v) is 7.95. The van der Waals surface area contributed by atoms with Crippen LogP contribution in [0, 0.1) is 5.41 Å². The van der Waals surface area contributed by atoms with Crippen LogP contribution in [0.25, 0.3) is 0 Å². The number of aromatic nitrogens is 2. The fourth-order valence-electron chi connectivity index (χ4n) is 2.72. The molecule has 0 spiro atoms. The van der Waals surface area contributed by atoms with E-state index in [-0.39, 0.29) is 5.54 Å². The highest BCUT2D eigenvalue weighted by molar-refractivity contribution is 5.07. The molecule has 0 aliphatic heterocycles. The van der Waals surface area contributed by atoms with Crippen molar-refractivity contribution >= 4 is 0 Å². The van der Waals surface area contributed by atoms with Crippen LogP contribution < -0.4 is 5.32 Å². The van der Waals surface area contributed by atoms with Crippen molar-refractivity contribution in [2.75, 3.05) is 0 Å². The topological polar surface area (TPSA) is 37.8 Å². The zero-order valence-corrected chi connectivity index (χ0v) is 13.7. The monoisotopic (exact) mass is 275 g/mol. The summed E-state index contributed by atoms with van der Waals surface area (Å²) in [6.45, 7) is 12.1. The number of nitrogens with zero attached hydrogens (tertiary/aromatic N) is 2. The van der Waals surface area contributed by atoms with Crippen molar-refractivity contribution in [1.29, 1.82) is 0 Å². The summed E-state index contributed by atoms with van der Waals surface area (Å²) in [5.41, 5.74) is 1.73. The predicted molar refractivity (Wildman–Crippen MR) is 83.6 cm³/mol. The Balaban J connectivity index is 1.99. The van der Waals surface area contributed by atoms with Gasteiger partial charge in [0.1, 0.15) is 5.82 Å². The van der Waals surface area contributed by atoms with E-state index in [4.69, 9.17) is 4.98 Å². The van der Waals surface area contributed by atoms with Crippen molar-refractivity contribution in [2.45, 2.75) is 78.3 Å². The van der Waals surface area contributed by atoms with E-state index in [2.05, 4.69) is 44.9 Å². The van der Waals surface area contributed by atoms with E-state index >= 15 is 0 Å². The highest BCUT2D eigenvalue weighted by Gasteiger charge is 2.29. The van der Waals surface area contributed by atoms with Gasteiger partial charge in [-0.1, -0.05) is 13.8 Å². The molecule has 3 nitrogen and oxygen atoms in total. The van der Waals surface area contributed by atoms with Gasteiger partial charge in [0, 0.05) is 24.2 Å². The zero-order chi connectivity index (χ0) is 14.8. The van der Waals surface area contributed by atoms with Crippen LogP contribution in [0.2, 0.25) is 0 Å². The summed E-state index contributed by atoms with van der Waals surface area (Å²) in [6, 6.07) is 2.02. The Morgan fingerprint density at radius 1 is 1.25 bits per heavy atom. The minimum atomic E-state index is 0.125. The SMILES string of the molecule is CC1(C)CCC(c2nccc(CNC(C)(C)C)n2)CC1. The van der Waals surface area contributed by atoms with E-state index in [1.165, 1.54) is 25.7 Å². The largest absolute Gasteiger partial charge is 0.306 e. The highest BCUT2D eigenvalue weighted by atomic mass is 15.0. The van der Waals surface area contributed by atoms with Crippen LogP contribution in [0.4, 0.5) is 0 Å². The quantitative estimate of drug-likeness (QED) is 0.904. The van der Waals surface area contributed by atoms with Crippen molar-refractivity contribution in [3.63, 3.8) is 0 Å². The van der Waals surface area contributed by atoms with E-state index in [0.29, 0.717) is 11.3 Å². The van der Waals surface area contributed by atoms with Gasteiger partial charge in [0.05, 0.1) is 5.69 Å². The minimum Gasteiger partial charge on any atom is -0.306 e. The fraction of sp³-hybridized carbons (Fsp3) is 0.765. The van der Waals surface area contributed by atoms with Gasteiger partial charge in [-0.3, -0.25) is 0 Å². The van der Waals surface area contributed by atoms with Gasteiger partial charge >= 0.3 is 0 Å². The highest BCUT2D eigenvalue weighted by Crippen LogP contribution is 2.41. The molecule has 1 aromatic rings. The average Bonchev–Trinajstić information content (AvgIpc) is 2.36. The molecule has 0 aromatic carbocycles. The molecule has 1 aliphatic carbocycles. The molecule has 1 saturated carbocycles. The lowest BCUT2D eigenvalue weighted by Gasteiger charge is -2.33. The summed E-state index contributed by atoms with van der Waals surface area (Å²) in [5, 5.41) is 3.49. The van der Waals surface area contributed by atoms with Gasteiger partial charge in [-0.25, -0.2) is 9.97 Å². The zero-order valence-electron chi connectivity index (χ0n) is 13.7. The van der Waals surface area contributed by atoms with Crippen LogP contribution in [-0.2, 0) is 6.54 Å². The number of rotatable bonds is 3. The van der Waals surface area contributed by atoms with Gasteiger partial charge in [0.2, 0.25) is 0 Å². The van der Waals surface area contributed by atoms with E-state index < -0.39 is 0 Å². The lowest BCUT2D eigenvalue weighted by Crippen LogP contribution is -2.35. The first-order chi connectivity index (χ1) is 9.25. The Morgan fingerprint density at radius 3 is 2.50 bits per heavy atom. The second kappa shape index (κ2) is 5.80. The molecule has 20 heavy (non-hydrogen) atoms. The maximum Gasteiger partial charge on any atom is 0.131 e. The van der Waals surface area contributed by atoms with Gasteiger partial charge < -0.3 is 5.32 Å². The molecule has 1 heterocycles. The molecule has 1 fully saturated rings. The lowest BCUT2D eigenvalue weighted by atomic mass is 9.73. The first-order valence-corrected chi connectivity index (χ1v) is 7.82. The van der Waals surface area contributed by atoms with E-state index in [0.717, 1.165) is 18.1 Å². The van der Waals surface area contributed by atoms with Crippen LogP contribution >= 0.6 is 0 Å². The summed E-state index contributed by atoms with van der Waals surface area (Å²) in [5.74, 6) is 1.60. The molecule has 1 aromatic heterocycles. The third kappa shape index (κ3) is 4.55. The van der Waals surface area contributed by atoms with E-state index in [1.807, 2.05) is 12.3 Å². The van der Waals surface area contributed by atoms with E-state index in [9.17, 15) is 0 Å². The molecule has 0 radical (unpaired) electrons. The van der Waals surface area contributed by atoms with Gasteiger partial charge in [-0.15, -0.1) is 0 Å². The Hall–Kier alpha value is -0.960. The van der Waals surface area contributed by atoms with Crippen LogP contribution in [0.3, 0.4) is 0 Å². The molecule has 1 N–H and O–H groups in total. The minimum absolute atomic E-state index is 0.125. The Labute approximate surface area is 123 Å². The molecular formula is C17H29N3. The van der Waals surface area contributed by atoms with Crippen LogP contribution in [-0.4, -0.2) is 15.5 Å². The van der Waals surface area contributed by atoms with Crippen molar-refractivity contribution in [1.82, 2.24) is 15.3 Å². The first kappa shape index (κ1) is 15.4. The standard InChI is InChI=1S/C17H29N3/c1-16(2,3)19-12-14-8-11-18-15(20-14)13-6-9-17(4,5)10-7-13/h8,11,13,19H,6-7,9-10,12H2,1-5H3. The molecule has 0 bridgehead atoms. The molecule has 2 rings (SSSR count). The van der Waals surface area contributed by atoms with Gasteiger partial charge in [0.25, 0.3) is 0 Å². The molecule has 0 amide bonds. The molecule has 0 atom stereocenters. The van der Waals surface area contributed by atoms with E-state index in [1.54, 1.807) is 0 Å². The molecule has 112 valence electrons. The van der Waals surface area contributed by atoms with Crippen molar-refractivity contribution < 1.29 is 0 Å². The summed E-state index contributed by atoms with van der Waals surface area (Å²) in [7, 11) is 0. The third-order valence-corrected chi connectivity index (χ3v) is 4.24. The molecule has 0 unspecified atom stereocenters. The van der Waals surface area contributed by atoms with Crippen LogP contribution in [0.1, 0.15) is 77.7 Å². The van der Waals surface area contributed by atoms with Crippen LogP contribution in [0.5, 0.6) is 0 Å². The van der Waals surface area contributed by atoms with Gasteiger partial charge in [0.15, 0.2) is 0 Å². The third-order valence-electron chi connectivity index (χ3n) is 4.24. The van der Waals surface area contributed by atoms with Crippen LogP contribution in [0.15, 0.2) is 12.3 Å². The summed E-state index contributed by atoms with van der Waals surface area (Å²) < 4.78 is 0. The second-order valence-electron chi connectivity index (χ2n) is 7.95. The van der Waals surface area contributed by atoms with Crippen molar-refractivity contribution in [2.24, 2.45) is 5.41 Å². The number of nitrogens with one attached hydrogen (secondary N) is 1. The fourth-order valence-corrected chi connectivity index (χ4v) is 2.72. The molecule has 0 saturated heterocycles. The Kier molecular flexibility index (Phi) is 4.48. The van der Waals surface area contributed by atoms with Crippen molar-refractivity contribution in [3.05, 3.63) is 23.8 Å². The van der Waals surface area contributed by atoms with Gasteiger partial charge in [-0.2, -0.15) is 0 Å². The smallest absolute Gasteiger partial charge is 0.131 e. The average molecular weight is 275 g/mol. The Morgan fingerprint density at radius 2 is 1.90 bits per heavy atom.